The maximum absolute atomic E-state index is 12.1. The number of carboxylic acid groups (broad SMARTS) is 1. The highest BCUT2D eigenvalue weighted by Gasteiger charge is 2.39. The van der Waals surface area contributed by atoms with E-state index < -0.39 is 12.0 Å². The summed E-state index contributed by atoms with van der Waals surface area (Å²) in [4.78, 5) is 24.7. The first kappa shape index (κ1) is 15.1. The maximum atomic E-state index is 12.1. The molecule has 0 spiro atoms. The average Bonchev–Trinajstić information content (AvgIpc) is 3.07. The predicted molar refractivity (Wildman–Crippen MR) is 73.5 cm³/mol. The van der Waals surface area contributed by atoms with Crippen LogP contribution in [0.1, 0.15) is 38.5 Å². The third-order valence-corrected chi connectivity index (χ3v) is 4.45. The Morgan fingerprint density at radius 2 is 2.05 bits per heavy atom. The van der Waals surface area contributed by atoms with Crippen LogP contribution in [0.5, 0.6) is 0 Å². The number of carbonyl (C=O) groups is 2. The summed E-state index contributed by atoms with van der Waals surface area (Å²) in [7, 11) is 1.55. The highest BCUT2D eigenvalue weighted by atomic mass is 16.5. The molecular weight excluding hydrogens is 260 g/mol. The number of aliphatic carboxylic acids is 1. The zero-order valence-electron chi connectivity index (χ0n) is 12.0. The van der Waals surface area contributed by atoms with Crippen LogP contribution in [0.3, 0.4) is 0 Å². The second-order valence-corrected chi connectivity index (χ2v) is 5.77. The van der Waals surface area contributed by atoms with E-state index in [1.54, 1.807) is 7.11 Å². The predicted octanol–water partition coefficient (Wildman–Crippen LogP) is 1.45. The number of methoxy groups -OCH3 is 1. The van der Waals surface area contributed by atoms with Crippen LogP contribution >= 0.6 is 0 Å². The van der Waals surface area contributed by atoms with Gasteiger partial charge >= 0.3 is 12.0 Å². The van der Waals surface area contributed by atoms with Gasteiger partial charge in [-0.2, -0.15) is 0 Å². The maximum Gasteiger partial charge on any atom is 0.326 e. The molecule has 1 saturated carbocycles. The average molecular weight is 284 g/mol. The number of hydrogen-bond donors (Lipinski definition) is 2. The van der Waals surface area contributed by atoms with Crippen molar-refractivity contribution in [2.75, 3.05) is 20.2 Å². The van der Waals surface area contributed by atoms with Crippen molar-refractivity contribution in [1.29, 1.82) is 0 Å². The Labute approximate surface area is 119 Å². The molecule has 2 atom stereocenters. The lowest BCUT2D eigenvalue weighted by atomic mass is 10.0. The number of nitrogens with one attached hydrogen (secondary N) is 1. The van der Waals surface area contributed by atoms with Crippen molar-refractivity contribution < 1.29 is 19.4 Å². The van der Waals surface area contributed by atoms with E-state index in [1.807, 2.05) is 0 Å². The molecule has 1 aliphatic carbocycles. The minimum Gasteiger partial charge on any atom is -0.480 e. The summed E-state index contributed by atoms with van der Waals surface area (Å²) in [6.07, 6.45) is 6.26. The van der Waals surface area contributed by atoms with Crippen molar-refractivity contribution in [3.05, 3.63) is 0 Å². The summed E-state index contributed by atoms with van der Waals surface area (Å²) in [5, 5.41) is 12.0. The van der Waals surface area contributed by atoms with Gasteiger partial charge in [0.2, 0.25) is 0 Å². The molecule has 1 aliphatic heterocycles. The Morgan fingerprint density at radius 3 is 2.65 bits per heavy atom. The number of carboxylic acids is 1. The van der Waals surface area contributed by atoms with Crippen molar-refractivity contribution in [2.45, 2.75) is 50.7 Å². The molecule has 0 bridgehead atoms. The standard InChI is InChI=1S/C14H24N2O4/c1-20-11-8-12(13(17)18)16(9-11)14(19)15-7-6-10-4-2-3-5-10/h10-12H,2-9H2,1H3,(H,15,19)(H,17,18). The molecule has 6 heteroatoms. The number of rotatable bonds is 5. The molecular formula is C14H24N2O4. The van der Waals surface area contributed by atoms with E-state index in [4.69, 9.17) is 9.84 Å². The lowest BCUT2D eigenvalue weighted by molar-refractivity contribution is -0.141. The molecule has 20 heavy (non-hydrogen) atoms. The number of carbonyl (C=O) groups excluding carboxylic acids is 1. The fraction of sp³-hybridized carbons (Fsp3) is 0.857. The topological polar surface area (TPSA) is 78.9 Å². The Balaban J connectivity index is 1.79. The van der Waals surface area contributed by atoms with Gasteiger partial charge in [0.25, 0.3) is 0 Å². The van der Waals surface area contributed by atoms with Gasteiger partial charge in [-0.25, -0.2) is 9.59 Å². The minimum absolute atomic E-state index is 0.184. The highest BCUT2D eigenvalue weighted by molar-refractivity contribution is 5.83. The van der Waals surface area contributed by atoms with Crippen LogP contribution in [0.4, 0.5) is 4.79 Å². The van der Waals surface area contributed by atoms with Crippen molar-refractivity contribution in [3.8, 4) is 0 Å². The Hall–Kier alpha value is -1.30. The molecule has 2 unspecified atom stereocenters. The van der Waals surface area contributed by atoms with Crippen LogP contribution < -0.4 is 5.32 Å². The number of ether oxygens (including phenoxy) is 1. The lowest BCUT2D eigenvalue weighted by Gasteiger charge is -2.22. The van der Waals surface area contributed by atoms with E-state index in [0.717, 1.165) is 12.3 Å². The van der Waals surface area contributed by atoms with E-state index >= 15 is 0 Å². The fourth-order valence-electron chi connectivity index (χ4n) is 3.21. The molecule has 0 aromatic carbocycles. The number of likely N-dealkylation sites (tertiary alicyclic amines) is 1. The number of urea groups is 1. The number of amides is 2. The summed E-state index contributed by atoms with van der Waals surface area (Å²) in [5.74, 6) is -0.244. The van der Waals surface area contributed by atoms with Crippen molar-refractivity contribution in [1.82, 2.24) is 10.2 Å². The van der Waals surface area contributed by atoms with Gasteiger partial charge < -0.3 is 20.1 Å². The van der Waals surface area contributed by atoms with Gasteiger partial charge in [-0.05, 0) is 12.3 Å². The number of nitrogens with zero attached hydrogens (tertiary/aromatic N) is 1. The number of hydrogen-bond acceptors (Lipinski definition) is 3. The molecule has 1 heterocycles. The zero-order chi connectivity index (χ0) is 14.5. The van der Waals surface area contributed by atoms with E-state index in [2.05, 4.69) is 5.32 Å². The molecule has 114 valence electrons. The lowest BCUT2D eigenvalue weighted by Crippen LogP contribution is -2.46. The monoisotopic (exact) mass is 284 g/mol. The zero-order valence-corrected chi connectivity index (χ0v) is 12.0. The second kappa shape index (κ2) is 6.92. The fourth-order valence-corrected chi connectivity index (χ4v) is 3.21. The molecule has 2 rings (SSSR count). The second-order valence-electron chi connectivity index (χ2n) is 5.77. The summed E-state index contributed by atoms with van der Waals surface area (Å²) in [6.45, 7) is 0.979. The molecule has 2 aliphatic rings. The highest BCUT2D eigenvalue weighted by Crippen LogP contribution is 2.27. The summed E-state index contributed by atoms with van der Waals surface area (Å²) < 4.78 is 5.17. The van der Waals surface area contributed by atoms with Crippen LogP contribution in [0.2, 0.25) is 0 Å². The summed E-state index contributed by atoms with van der Waals surface area (Å²) in [5.41, 5.74) is 0. The first-order valence-corrected chi connectivity index (χ1v) is 7.42. The van der Waals surface area contributed by atoms with Crippen molar-refractivity contribution >= 4 is 12.0 Å². The van der Waals surface area contributed by atoms with E-state index in [-0.39, 0.29) is 12.1 Å². The molecule has 2 fully saturated rings. The van der Waals surface area contributed by atoms with E-state index in [9.17, 15) is 9.59 Å². The van der Waals surface area contributed by atoms with E-state index in [0.29, 0.717) is 19.5 Å². The summed E-state index contributed by atoms with van der Waals surface area (Å²) >= 11 is 0. The molecule has 2 amide bonds. The molecule has 0 radical (unpaired) electrons. The Bertz CT molecular complexity index is 355. The quantitative estimate of drug-likeness (QED) is 0.801. The van der Waals surface area contributed by atoms with E-state index in [1.165, 1.54) is 30.6 Å². The van der Waals surface area contributed by atoms with Crippen LogP contribution in [0, 0.1) is 5.92 Å². The smallest absolute Gasteiger partial charge is 0.326 e. The first-order valence-electron chi connectivity index (χ1n) is 7.42. The van der Waals surface area contributed by atoms with Gasteiger partial charge in [-0.15, -0.1) is 0 Å². The van der Waals surface area contributed by atoms with Gasteiger partial charge in [0.15, 0.2) is 0 Å². The third kappa shape index (κ3) is 3.62. The molecule has 2 N–H and O–H groups in total. The third-order valence-electron chi connectivity index (χ3n) is 4.45. The SMILES string of the molecule is COC1CC(C(=O)O)N(C(=O)NCCC2CCCC2)C1. The van der Waals surface area contributed by atoms with Gasteiger partial charge in [-0.3, -0.25) is 0 Å². The van der Waals surface area contributed by atoms with Gasteiger partial charge in [-0.1, -0.05) is 25.7 Å². The van der Waals surface area contributed by atoms with Crippen LogP contribution in [-0.4, -0.2) is 54.4 Å². The van der Waals surface area contributed by atoms with Crippen molar-refractivity contribution in [2.24, 2.45) is 5.92 Å². The van der Waals surface area contributed by atoms with Gasteiger partial charge in [0.1, 0.15) is 6.04 Å². The Kier molecular flexibility index (Phi) is 5.23. The van der Waals surface area contributed by atoms with Gasteiger partial charge in [0, 0.05) is 26.6 Å². The van der Waals surface area contributed by atoms with Crippen LogP contribution in [0.25, 0.3) is 0 Å². The normalized spacial score (nSPS) is 26.9. The minimum atomic E-state index is -0.963. The molecule has 1 saturated heterocycles. The summed E-state index contributed by atoms with van der Waals surface area (Å²) in [6, 6.07) is -1.05. The molecule has 6 nitrogen and oxygen atoms in total. The van der Waals surface area contributed by atoms with Crippen molar-refractivity contribution in [3.63, 3.8) is 0 Å². The van der Waals surface area contributed by atoms with Crippen LogP contribution in [-0.2, 0) is 9.53 Å². The molecule has 0 aromatic rings. The molecule has 0 aromatic heterocycles. The van der Waals surface area contributed by atoms with Gasteiger partial charge in [0.05, 0.1) is 6.10 Å². The first-order chi connectivity index (χ1) is 9.61. The largest absolute Gasteiger partial charge is 0.480 e. The van der Waals surface area contributed by atoms with Crippen LogP contribution in [0.15, 0.2) is 0 Å². The Morgan fingerprint density at radius 1 is 1.35 bits per heavy atom.